The number of halogens is 3. The van der Waals surface area contributed by atoms with Crippen molar-refractivity contribution in [2.24, 2.45) is 0 Å². The predicted molar refractivity (Wildman–Crippen MR) is 88.6 cm³/mol. The Morgan fingerprint density at radius 3 is 2.33 bits per heavy atom. The second-order valence-corrected chi connectivity index (χ2v) is 7.45. The van der Waals surface area contributed by atoms with E-state index in [0.717, 1.165) is 0 Å². The van der Waals surface area contributed by atoms with Crippen LogP contribution in [0.25, 0.3) is 0 Å². The molecule has 1 fully saturated rings. The van der Waals surface area contributed by atoms with Crippen LogP contribution in [-0.2, 0) is 20.9 Å². The number of carbonyl (C=O) groups is 2. The van der Waals surface area contributed by atoms with Crippen LogP contribution in [0.5, 0.6) is 0 Å². The Kier molecular flexibility index (Phi) is 5.74. The van der Waals surface area contributed by atoms with Crippen LogP contribution in [0.15, 0.2) is 30.3 Å². The molecular formula is C18H22F3NO5. The summed E-state index contributed by atoms with van der Waals surface area (Å²) in [6, 6.07) is 6.95. The molecule has 0 spiro atoms. The summed E-state index contributed by atoms with van der Waals surface area (Å²) in [7, 11) is 0. The van der Waals surface area contributed by atoms with Crippen molar-refractivity contribution in [2.75, 3.05) is 6.54 Å². The molecule has 27 heavy (non-hydrogen) atoms. The molecule has 0 bridgehead atoms. The average Bonchev–Trinajstić information content (AvgIpc) is 2.91. The molecule has 1 aromatic rings. The molecule has 1 heterocycles. The highest BCUT2D eigenvalue weighted by molar-refractivity contribution is 5.82. The Balaban J connectivity index is 2.18. The molecule has 1 amide bonds. The maximum atomic E-state index is 13.2. The number of rotatable bonds is 3. The molecule has 0 saturated carbocycles. The number of alkyl halides is 3. The van der Waals surface area contributed by atoms with Crippen LogP contribution in [0.2, 0.25) is 0 Å². The second kappa shape index (κ2) is 7.38. The normalized spacial score (nSPS) is 23.2. The number of β-amino-alcohol motifs (C(OH)–C–C–N with tert-alkyl or cyclic N) is 1. The van der Waals surface area contributed by atoms with Gasteiger partial charge in [0.25, 0.3) is 0 Å². The number of esters is 1. The van der Waals surface area contributed by atoms with Crippen LogP contribution >= 0.6 is 0 Å². The summed E-state index contributed by atoms with van der Waals surface area (Å²) < 4.78 is 49.8. The van der Waals surface area contributed by atoms with Gasteiger partial charge in [-0.15, -0.1) is 0 Å². The molecule has 0 radical (unpaired) electrons. The number of hydrogen-bond acceptors (Lipinski definition) is 5. The lowest BCUT2D eigenvalue weighted by molar-refractivity contribution is -0.253. The van der Waals surface area contributed by atoms with Crippen LogP contribution in [0, 0.1) is 0 Å². The van der Waals surface area contributed by atoms with E-state index in [0.29, 0.717) is 10.5 Å². The zero-order valence-electron chi connectivity index (χ0n) is 15.2. The highest BCUT2D eigenvalue weighted by Crippen LogP contribution is 2.41. The van der Waals surface area contributed by atoms with E-state index in [4.69, 9.17) is 9.47 Å². The van der Waals surface area contributed by atoms with Crippen molar-refractivity contribution in [3.63, 3.8) is 0 Å². The zero-order chi connectivity index (χ0) is 20.5. The first-order chi connectivity index (χ1) is 12.3. The van der Waals surface area contributed by atoms with Gasteiger partial charge in [0.1, 0.15) is 18.2 Å². The fourth-order valence-electron chi connectivity index (χ4n) is 2.64. The molecule has 1 aliphatic heterocycles. The monoisotopic (exact) mass is 389 g/mol. The molecule has 1 saturated heterocycles. The molecule has 1 N–H and O–H groups in total. The van der Waals surface area contributed by atoms with E-state index in [9.17, 15) is 27.9 Å². The summed E-state index contributed by atoms with van der Waals surface area (Å²) in [5, 5.41) is 9.97. The highest BCUT2D eigenvalue weighted by Gasteiger charge is 2.63. The number of aliphatic hydroxyl groups is 1. The van der Waals surface area contributed by atoms with Crippen LogP contribution in [0.3, 0.4) is 0 Å². The molecule has 2 rings (SSSR count). The van der Waals surface area contributed by atoms with Gasteiger partial charge < -0.3 is 14.6 Å². The van der Waals surface area contributed by atoms with E-state index < -0.39 is 48.4 Å². The van der Waals surface area contributed by atoms with Crippen LogP contribution < -0.4 is 0 Å². The number of ether oxygens (including phenoxy) is 2. The quantitative estimate of drug-likeness (QED) is 0.805. The maximum Gasteiger partial charge on any atom is 0.419 e. The van der Waals surface area contributed by atoms with Crippen LogP contribution in [0.1, 0.15) is 32.8 Å². The summed E-state index contributed by atoms with van der Waals surface area (Å²) in [6.07, 6.45) is -7.14. The van der Waals surface area contributed by atoms with Gasteiger partial charge in [0.05, 0.1) is 6.54 Å². The lowest BCUT2D eigenvalue weighted by Crippen LogP contribution is -2.48. The predicted octanol–water partition coefficient (Wildman–Crippen LogP) is 3.03. The zero-order valence-corrected chi connectivity index (χ0v) is 15.2. The third-order valence-corrected chi connectivity index (χ3v) is 3.99. The van der Waals surface area contributed by atoms with E-state index >= 15 is 0 Å². The van der Waals surface area contributed by atoms with Crippen molar-refractivity contribution in [3.8, 4) is 0 Å². The minimum atomic E-state index is -5.01. The van der Waals surface area contributed by atoms with Crippen molar-refractivity contribution in [2.45, 2.75) is 57.2 Å². The van der Waals surface area contributed by atoms with Crippen molar-refractivity contribution < 1.29 is 37.3 Å². The second-order valence-electron chi connectivity index (χ2n) is 7.45. The van der Waals surface area contributed by atoms with Crippen LogP contribution in [-0.4, -0.2) is 52.0 Å². The van der Waals surface area contributed by atoms with Gasteiger partial charge in [-0.25, -0.2) is 9.59 Å². The Labute approximate surface area is 154 Å². The Bertz CT molecular complexity index is 686. The van der Waals surface area contributed by atoms with Gasteiger partial charge in [-0.2, -0.15) is 13.2 Å². The van der Waals surface area contributed by atoms with Crippen molar-refractivity contribution >= 4 is 12.1 Å². The smallest absolute Gasteiger partial charge is 0.419 e. The molecule has 150 valence electrons. The summed E-state index contributed by atoms with van der Waals surface area (Å²) in [4.78, 5) is 25.2. The lowest BCUT2D eigenvalue weighted by atomic mass is 10.00. The van der Waals surface area contributed by atoms with E-state index in [1.54, 1.807) is 51.1 Å². The lowest BCUT2D eigenvalue weighted by Gasteiger charge is -2.28. The first-order valence-electron chi connectivity index (χ1n) is 8.32. The van der Waals surface area contributed by atoms with Gasteiger partial charge in [-0.3, -0.25) is 4.90 Å². The molecule has 0 aromatic heterocycles. The van der Waals surface area contributed by atoms with Gasteiger partial charge in [0.15, 0.2) is 5.60 Å². The van der Waals surface area contributed by atoms with Gasteiger partial charge in [0.2, 0.25) is 0 Å². The molecule has 9 heteroatoms. The number of likely N-dealkylation sites (tertiary alicyclic amines) is 1. The van der Waals surface area contributed by atoms with E-state index in [1.165, 1.54) is 0 Å². The van der Waals surface area contributed by atoms with Gasteiger partial charge in [-0.1, -0.05) is 30.3 Å². The average molecular weight is 389 g/mol. The van der Waals surface area contributed by atoms with E-state index in [-0.39, 0.29) is 6.61 Å². The molecule has 1 unspecified atom stereocenters. The van der Waals surface area contributed by atoms with Crippen molar-refractivity contribution in [3.05, 3.63) is 35.9 Å². The largest absolute Gasteiger partial charge is 0.459 e. The third-order valence-electron chi connectivity index (χ3n) is 3.99. The summed E-state index contributed by atoms with van der Waals surface area (Å²) in [6.45, 7) is 3.36. The molecule has 0 aliphatic carbocycles. The topological polar surface area (TPSA) is 76.1 Å². The SMILES string of the molecule is CC(C)(C)OC(=O)N1CC(O)(C(F)(F)F)C[C@@H]1C(=O)OCc1ccccc1. The van der Waals surface area contributed by atoms with Gasteiger partial charge in [-0.05, 0) is 26.3 Å². The molecule has 1 aromatic carbocycles. The first kappa shape index (κ1) is 21.0. The fourth-order valence-corrected chi connectivity index (χ4v) is 2.64. The Morgan fingerprint density at radius 1 is 1.22 bits per heavy atom. The maximum absolute atomic E-state index is 13.2. The Hall–Kier alpha value is -2.29. The van der Waals surface area contributed by atoms with Gasteiger partial charge >= 0.3 is 18.2 Å². The van der Waals surface area contributed by atoms with E-state index in [2.05, 4.69) is 0 Å². The number of amides is 1. The van der Waals surface area contributed by atoms with Crippen molar-refractivity contribution in [1.29, 1.82) is 0 Å². The number of benzene rings is 1. The molecular weight excluding hydrogens is 367 g/mol. The molecule has 6 nitrogen and oxygen atoms in total. The number of nitrogens with zero attached hydrogens (tertiary/aromatic N) is 1. The van der Waals surface area contributed by atoms with E-state index in [1.807, 2.05) is 0 Å². The third kappa shape index (κ3) is 5.12. The summed E-state index contributed by atoms with van der Waals surface area (Å²) in [5.74, 6) is -1.04. The minimum absolute atomic E-state index is 0.164. The number of carbonyl (C=O) groups excluding carboxylic acids is 2. The molecule has 2 atom stereocenters. The Morgan fingerprint density at radius 2 is 1.81 bits per heavy atom. The fraction of sp³-hybridized carbons (Fsp3) is 0.556. The summed E-state index contributed by atoms with van der Waals surface area (Å²) in [5.41, 5.74) is -3.55. The molecule has 1 aliphatic rings. The van der Waals surface area contributed by atoms with Crippen LogP contribution in [0.4, 0.5) is 18.0 Å². The minimum Gasteiger partial charge on any atom is -0.459 e. The highest BCUT2D eigenvalue weighted by atomic mass is 19.4. The number of hydrogen-bond donors (Lipinski definition) is 1. The van der Waals surface area contributed by atoms with Crippen molar-refractivity contribution in [1.82, 2.24) is 4.90 Å². The first-order valence-corrected chi connectivity index (χ1v) is 8.32. The summed E-state index contributed by atoms with van der Waals surface area (Å²) >= 11 is 0. The standard InChI is InChI=1S/C18H22F3NO5/c1-16(2,3)27-15(24)22-11-17(25,18(19,20)21)9-13(22)14(23)26-10-12-7-5-4-6-8-12/h4-8,13,25H,9-11H2,1-3H3/t13-,17?/m1/s1. The van der Waals surface area contributed by atoms with Gasteiger partial charge in [0, 0.05) is 6.42 Å².